The lowest BCUT2D eigenvalue weighted by molar-refractivity contribution is -0.143. The van der Waals surface area contributed by atoms with E-state index in [1.165, 1.54) is 13.0 Å². The van der Waals surface area contributed by atoms with E-state index >= 15 is 0 Å². The molecule has 1 amide bonds. The van der Waals surface area contributed by atoms with Crippen molar-refractivity contribution >= 4 is 11.6 Å². The standard InChI is InChI=1S/C13H8F6N2O2/c1-6-2-10(21-23-6)11(22)20-9-4-7(12(14,15)16)3-8(5-9)13(17,18)19/h2-5H,1H3,(H,20,22). The molecule has 0 fully saturated rings. The molecule has 0 aliphatic heterocycles. The molecule has 0 aliphatic carbocycles. The molecule has 10 heteroatoms. The number of nitrogens with one attached hydrogen (secondary N) is 1. The Labute approximate surface area is 125 Å². The first-order valence-corrected chi connectivity index (χ1v) is 6.01. The molecule has 0 saturated carbocycles. The van der Waals surface area contributed by atoms with E-state index in [9.17, 15) is 31.1 Å². The van der Waals surface area contributed by atoms with Gasteiger partial charge in [-0.1, -0.05) is 5.16 Å². The van der Waals surface area contributed by atoms with Crippen LogP contribution in [-0.2, 0) is 12.4 Å². The number of hydrogen-bond donors (Lipinski definition) is 1. The zero-order valence-electron chi connectivity index (χ0n) is 11.3. The van der Waals surface area contributed by atoms with Crippen LogP contribution >= 0.6 is 0 Å². The summed E-state index contributed by atoms with van der Waals surface area (Å²) in [7, 11) is 0. The lowest BCUT2D eigenvalue weighted by atomic mass is 10.1. The van der Waals surface area contributed by atoms with Crippen LogP contribution in [0.5, 0.6) is 0 Å². The van der Waals surface area contributed by atoms with Crippen molar-refractivity contribution in [2.24, 2.45) is 0 Å². The maximum Gasteiger partial charge on any atom is 0.416 e. The summed E-state index contributed by atoms with van der Waals surface area (Å²) in [5.41, 5.74) is -3.98. The first-order chi connectivity index (χ1) is 10.5. The maximum absolute atomic E-state index is 12.7. The molecule has 0 unspecified atom stereocenters. The van der Waals surface area contributed by atoms with Crippen LogP contribution in [0.2, 0.25) is 0 Å². The molecule has 1 N–H and O–H groups in total. The van der Waals surface area contributed by atoms with Gasteiger partial charge >= 0.3 is 12.4 Å². The van der Waals surface area contributed by atoms with Gasteiger partial charge in [0.05, 0.1) is 11.1 Å². The Morgan fingerprint density at radius 3 is 1.91 bits per heavy atom. The molecule has 1 aromatic heterocycles. The van der Waals surface area contributed by atoms with E-state index in [2.05, 4.69) is 9.68 Å². The van der Waals surface area contributed by atoms with E-state index in [0.717, 1.165) is 0 Å². The molecule has 124 valence electrons. The summed E-state index contributed by atoms with van der Waals surface area (Å²) in [4.78, 5) is 11.8. The minimum Gasteiger partial charge on any atom is -0.361 e. The van der Waals surface area contributed by atoms with Gasteiger partial charge in [0.15, 0.2) is 5.69 Å². The van der Waals surface area contributed by atoms with E-state index < -0.39 is 35.1 Å². The number of benzene rings is 1. The van der Waals surface area contributed by atoms with Gasteiger partial charge in [-0.25, -0.2) is 0 Å². The van der Waals surface area contributed by atoms with Crippen LogP contribution < -0.4 is 5.32 Å². The Bertz CT molecular complexity index is 701. The minimum atomic E-state index is -4.99. The molecule has 23 heavy (non-hydrogen) atoms. The van der Waals surface area contributed by atoms with Crippen molar-refractivity contribution in [1.29, 1.82) is 0 Å². The van der Waals surface area contributed by atoms with Gasteiger partial charge in [0.25, 0.3) is 5.91 Å². The summed E-state index contributed by atoms with van der Waals surface area (Å²) in [6.07, 6.45) is -9.99. The Morgan fingerprint density at radius 1 is 1.00 bits per heavy atom. The fourth-order valence-corrected chi connectivity index (χ4v) is 1.70. The molecular weight excluding hydrogens is 330 g/mol. The van der Waals surface area contributed by atoms with E-state index in [4.69, 9.17) is 0 Å². The normalized spacial score (nSPS) is 12.3. The first kappa shape index (κ1) is 16.8. The molecular formula is C13H8F6N2O2. The van der Waals surface area contributed by atoms with Crippen molar-refractivity contribution in [1.82, 2.24) is 5.16 Å². The van der Waals surface area contributed by atoms with Gasteiger partial charge < -0.3 is 9.84 Å². The van der Waals surface area contributed by atoms with Gasteiger partial charge in [0, 0.05) is 11.8 Å². The average Bonchev–Trinajstić information content (AvgIpc) is 2.83. The number of alkyl halides is 6. The molecule has 1 heterocycles. The van der Waals surface area contributed by atoms with Crippen molar-refractivity contribution in [2.75, 3.05) is 5.32 Å². The molecule has 1 aromatic carbocycles. The number of rotatable bonds is 2. The number of halogens is 6. The number of carbonyl (C=O) groups excluding carboxylic acids is 1. The van der Waals surface area contributed by atoms with Crippen LogP contribution in [0, 0.1) is 6.92 Å². The van der Waals surface area contributed by atoms with Gasteiger partial charge in [-0.15, -0.1) is 0 Å². The molecule has 0 spiro atoms. The molecule has 0 atom stereocenters. The number of nitrogens with zero attached hydrogens (tertiary/aromatic N) is 1. The van der Waals surface area contributed by atoms with Crippen LogP contribution in [0.15, 0.2) is 28.8 Å². The quantitative estimate of drug-likeness (QED) is 0.832. The van der Waals surface area contributed by atoms with E-state index in [1.807, 2.05) is 5.32 Å². The van der Waals surface area contributed by atoms with E-state index in [1.54, 1.807) is 0 Å². The third-order valence-electron chi connectivity index (χ3n) is 2.71. The largest absolute Gasteiger partial charge is 0.416 e. The lowest BCUT2D eigenvalue weighted by Gasteiger charge is -2.14. The number of hydrogen-bond acceptors (Lipinski definition) is 3. The molecule has 0 radical (unpaired) electrons. The number of anilines is 1. The lowest BCUT2D eigenvalue weighted by Crippen LogP contribution is -2.16. The van der Waals surface area contributed by atoms with E-state index in [-0.39, 0.29) is 17.5 Å². The molecule has 2 aromatic rings. The van der Waals surface area contributed by atoms with Crippen molar-refractivity contribution in [2.45, 2.75) is 19.3 Å². The van der Waals surface area contributed by atoms with Crippen LogP contribution in [0.3, 0.4) is 0 Å². The summed E-state index contributed by atoms with van der Waals surface area (Å²) in [6.45, 7) is 1.47. The number of aryl methyl sites for hydroxylation is 1. The van der Waals surface area contributed by atoms with Gasteiger partial charge in [-0.2, -0.15) is 26.3 Å². The molecule has 2 rings (SSSR count). The molecule has 4 nitrogen and oxygen atoms in total. The summed E-state index contributed by atoms with van der Waals surface area (Å²) >= 11 is 0. The fourth-order valence-electron chi connectivity index (χ4n) is 1.70. The summed E-state index contributed by atoms with van der Waals surface area (Å²) in [5.74, 6) is -0.732. The first-order valence-electron chi connectivity index (χ1n) is 6.01. The zero-order valence-corrected chi connectivity index (χ0v) is 11.3. The fraction of sp³-hybridized carbons (Fsp3) is 0.231. The second-order valence-electron chi connectivity index (χ2n) is 4.57. The number of amides is 1. The highest BCUT2D eigenvalue weighted by Crippen LogP contribution is 2.37. The molecule has 0 saturated heterocycles. The van der Waals surface area contributed by atoms with Gasteiger partial charge in [-0.3, -0.25) is 4.79 Å². The number of carbonyl (C=O) groups is 1. The van der Waals surface area contributed by atoms with Crippen LogP contribution in [0.25, 0.3) is 0 Å². The zero-order chi connectivity index (χ0) is 17.4. The number of aromatic nitrogens is 1. The Hall–Kier alpha value is -2.52. The van der Waals surface area contributed by atoms with Crippen molar-refractivity contribution in [3.05, 3.63) is 46.8 Å². The van der Waals surface area contributed by atoms with Gasteiger partial charge in [0.2, 0.25) is 0 Å². The van der Waals surface area contributed by atoms with Crippen molar-refractivity contribution in [3.8, 4) is 0 Å². The van der Waals surface area contributed by atoms with Crippen molar-refractivity contribution in [3.63, 3.8) is 0 Å². The predicted octanol–water partition coefficient (Wildman–Crippen LogP) is 4.27. The predicted molar refractivity (Wildman–Crippen MR) is 65.6 cm³/mol. The van der Waals surface area contributed by atoms with Gasteiger partial charge in [0.1, 0.15) is 5.76 Å². The van der Waals surface area contributed by atoms with Crippen molar-refractivity contribution < 1.29 is 35.7 Å². The second kappa shape index (κ2) is 5.60. The van der Waals surface area contributed by atoms with Crippen LogP contribution in [-0.4, -0.2) is 11.1 Å². The Morgan fingerprint density at radius 2 is 1.52 bits per heavy atom. The highest BCUT2D eigenvalue weighted by molar-refractivity contribution is 6.02. The minimum absolute atomic E-state index is 0.0318. The summed E-state index contributed by atoms with van der Waals surface area (Å²) < 4.78 is 80.8. The smallest absolute Gasteiger partial charge is 0.361 e. The van der Waals surface area contributed by atoms with Crippen LogP contribution in [0.4, 0.5) is 32.0 Å². The monoisotopic (exact) mass is 338 g/mol. The SMILES string of the molecule is Cc1cc(C(=O)Nc2cc(C(F)(F)F)cc(C(F)(F)F)c2)no1. The maximum atomic E-state index is 12.7. The summed E-state index contributed by atoms with van der Waals surface area (Å²) in [6, 6.07) is 1.96. The second-order valence-corrected chi connectivity index (χ2v) is 4.57. The molecule has 0 bridgehead atoms. The Kier molecular flexibility index (Phi) is 4.10. The highest BCUT2D eigenvalue weighted by Gasteiger charge is 2.37. The Balaban J connectivity index is 2.39. The third-order valence-corrected chi connectivity index (χ3v) is 2.71. The van der Waals surface area contributed by atoms with E-state index in [0.29, 0.717) is 12.1 Å². The summed E-state index contributed by atoms with van der Waals surface area (Å²) in [5, 5.41) is 5.26. The van der Waals surface area contributed by atoms with Crippen LogP contribution in [0.1, 0.15) is 27.4 Å². The average molecular weight is 338 g/mol. The highest BCUT2D eigenvalue weighted by atomic mass is 19.4. The third kappa shape index (κ3) is 4.02. The van der Waals surface area contributed by atoms with Gasteiger partial charge in [-0.05, 0) is 25.1 Å². The topological polar surface area (TPSA) is 55.1 Å². The molecule has 0 aliphatic rings.